The molecule has 0 N–H and O–H groups in total. The van der Waals surface area contributed by atoms with Gasteiger partial charge in [0.25, 0.3) is 0 Å². The number of benzene rings is 5. The average Bonchev–Trinajstić information content (AvgIpc) is 3.28. The third-order valence-electron chi connectivity index (χ3n) is 7.03. The predicted molar refractivity (Wildman–Crippen MR) is 173 cm³/mol. The van der Waals surface area contributed by atoms with E-state index in [1.165, 1.54) is 43.6 Å². The van der Waals surface area contributed by atoms with E-state index >= 15 is 0 Å². The van der Waals surface area contributed by atoms with Crippen molar-refractivity contribution < 1.29 is 13.1 Å². The van der Waals surface area contributed by atoms with Gasteiger partial charge in [-0.05, 0) is 55.1 Å². The standard InChI is InChI=1S/C34H29N2P.2ClH.Fe/c1-24-12-9-13-25(2)32(24)36-34-30-21-11-15-26-14-10-20-29(31(26)30)33(34)35-22-23-37(27-16-5-3-6-17-27)28-18-7-4-8-19-28;;;/h3-21H,22-23H2,1-2H3;2*1H;/q;;;+2/p-2. The first kappa shape index (κ1) is 28.7. The van der Waals surface area contributed by atoms with Crippen molar-refractivity contribution in [1.82, 2.24) is 0 Å². The van der Waals surface area contributed by atoms with Crippen LogP contribution in [-0.2, 0) is 13.1 Å². The zero-order valence-corrected chi connectivity index (χ0v) is 25.8. The van der Waals surface area contributed by atoms with Crippen LogP contribution in [0, 0.1) is 13.8 Å². The molecule has 0 bridgehead atoms. The van der Waals surface area contributed by atoms with Crippen LogP contribution in [0.2, 0.25) is 0 Å². The molecule has 5 aromatic rings. The molecule has 0 fully saturated rings. The van der Waals surface area contributed by atoms with Crippen LogP contribution in [0.3, 0.4) is 0 Å². The Bertz CT molecular complexity index is 1610. The van der Waals surface area contributed by atoms with Crippen LogP contribution in [0.25, 0.3) is 10.8 Å². The molecule has 6 heteroatoms. The Hall–Kier alpha value is -2.77. The van der Waals surface area contributed by atoms with Crippen LogP contribution in [-0.4, -0.2) is 24.1 Å². The number of nitrogens with zero attached hydrogens (tertiary/aromatic N) is 2. The molecule has 0 spiro atoms. The van der Waals surface area contributed by atoms with Crippen molar-refractivity contribution in [2.45, 2.75) is 13.8 Å². The van der Waals surface area contributed by atoms with Crippen molar-refractivity contribution in [3.8, 4) is 0 Å². The maximum absolute atomic E-state index is 5.29. The van der Waals surface area contributed by atoms with E-state index in [0.717, 1.165) is 29.8 Å². The molecule has 2 nitrogen and oxygen atoms in total. The topological polar surface area (TPSA) is 24.7 Å². The second-order valence-corrected chi connectivity index (χ2v) is 13.7. The molecule has 0 aliphatic heterocycles. The van der Waals surface area contributed by atoms with Gasteiger partial charge in [0.1, 0.15) is 0 Å². The average molecular weight is 623 g/mol. The summed E-state index contributed by atoms with van der Waals surface area (Å²) in [5, 5.41) is 5.29. The number of aliphatic imine (C=N–C) groups is 2. The molecule has 1 aliphatic rings. The van der Waals surface area contributed by atoms with Crippen molar-refractivity contribution in [2.75, 3.05) is 12.7 Å². The number of para-hydroxylation sites is 1. The molecule has 0 unspecified atom stereocenters. The van der Waals surface area contributed by atoms with Gasteiger partial charge in [-0.15, -0.1) is 0 Å². The van der Waals surface area contributed by atoms with E-state index in [-0.39, 0.29) is 13.1 Å². The number of hydrogen-bond donors (Lipinski definition) is 0. The van der Waals surface area contributed by atoms with Gasteiger partial charge < -0.3 is 0 Å². The molecule has 0 heterocycles. The molecule has 5 aromatic carbocycles. The van der Waals surface area contributed by atoms with E-state index in [2.05, 4.69) is 129 Å². The SMILES string of the molecule is Cc1cccc(C)c1N=C1C(=NCCP(c2ccccc2)c2ccccc2)c2cccc3cccc1c23.[Cl][Fe][Cl]. The van der Waals surface area contributed by atoms with Gasteiger partial charge in [-0.3, -0.25) is 4.99 Å². The molecule has 202 valence electrons. The normalized spacial score (nSPS) is 14.2. The van der Waals surface area contributed by atoms with Crippen LogP contribution < -0.4 is 10.6 Å². The van der Waals surface area contributed by atoms with Crippen LogP contribution in [0.5, 0.6) is 0 Å². The fourth-order valence-electron chi connectivity index (χ4n) is 5.24. The third kappa shape index (κ3) is 6.26. The van der Waals surface area contributed by atoms with E-state index < -0.39 is 7.92 Å². The van der Waals surface area contributed by atoms with Gasteiger partial charge in [0.2, 0.25) is 0 Å². The summed E-state index contributed by atoms with van der Waals surface area (Å²) in [7, 11) is 9.03. The minimum absolute atomic E-state index is 0.194. The van der Waals surface area contributed by atoms with Gasteiger partial charge in [-0.2, -0.15) is 0 Å². The second kappa shape index (κ2) is 13.7. The van der Waals surface area contributed by atoms with Crippen molar-refractivity contribution in [2.24, 2.45) is 9.98 Å². The zero-order chi connectivity index (χ0) is 27.9. The first-order chi connectivity index (χ1) is 19.6. The van der Waals surface area contributed by atoms with Gasteiger partial charge in [0, 0.05) is 23.1 Å². The van der Waals surface area contributed by atoms with Gasteiger partial charge in [-0.25, -0.2) is 4.99 Å². The van der Waals surface area contributed by atoms with Crippen molar-refractivity contribution in [3.05, 3.63) is 138 Å². The van der Waals surface area contributed by atoms with Crippen molar-refractivity contribution >= 4 is 66.6 Å². The molecule has 0 saturated carbocycles. The summed E-state index contributed by atoms with van der Waals surface area (Å²) in [6.07, 6.45) is 0.996. The molecule has 6 rings (SSSR count). The van der Waals surface area contributed by atoms with Crippen molar-refractivity contribution in [1.29, 1.82) is 0 Å². The van der Waals surface area contributed by atoms with E-state index in [1.807, 2.05) is 0 Å². The Morgan fingerprint density at radius 2 is 1.12 bits per heavy atom. The Kier molecular flexibility index (Phi) is 9.87. The van der Waals surface area contributed by atoms with Crippen molar-refractivity contribution in [3.63, 3.8) is 0 Å². The van der Waals surface area contributed by atoms with Gasteiger partial charge in [0.05, 0.1) is 17.1 Å². The van der Waals surface area contributed by atoms with Crippen LogP contribution in [0.4, 0.5) is 5.69 Å². The Labute approximate surface area is 252 Å². The first-order valence-corrected chi connectivity index (χ1v) is 17.6. The van der Waals surface area contributed by atoms with E-state index in [4.69, 9.17) is 30.2 Å². The summed E-state index contributed by atoms with van der Waals surface area (Å²) in [5.41, 5.74) is 7.81. The molecular formula is C34H29Cl2FeN2P. The van der Waals surface area contributed by atoms with E-state index in [0.29, 0.717) is 0 Å². The summed E-state index contributed by atoms with van der Waals surface area (Å²) in [6, 6.07) is 41.2. The number of halogens is 2. The summed E-state index contributed by atoms with van der Waals surface area (Å²) < 4.78 is 0. The Balaban J connectivity index is 0.00000103. The molecule has 1 aliphatic carbocycles. The van der Waals surface area contributed by atoms with Crippen LogP contribution >= 0.6 is 28.1 Å². The van der Waals surface area contributed by atoms with Gasteiger partial charge in [-0.1, -0.05) is 115 Å². The summed E-state index contributed by atoms with van der Waals surface area (Å²) in [4.78, 5) is 10.6. The molecular weight excluding hydrogens is 594 g/mol. The number of aryl methyl sites for hydroxylation is 2. The van der Waals surface area contributed by atoms with Gasteiger partial charge >= 0.3 is 33.3 Å². The molecule has 0 aromatic heterocycles. The monoisotopic (exact) mass is 622 g/mol. The zero-order valence-electron chi connectivity index (χ0n) is 22.3. The van der Waals surface area contributed by atoms with E-state index in [1.54, 1.807) is 0 Å². The first-order valence-electron chi connectivity index (χ1n) is 13.1. The molecule has 0 radical (unpaired) electrons. The summed E-state index contributed by atoms with van der Waals surface area (Å²) in [5.74, 6) is 0. The molecule has 0 amide bonds. The Morgan fingerprint density at radius 1 is 0.625 bits per heavy atom. The summed E-state index contributed by atoms with van der Waals surface area (Å²) in [6.45, 7) is 5.03. The third-order valence-corrected chi connectivity index (χ3v) is 9.52. The minimum atomic E-state index is -0.494. The quantitative estimate of drug-likeness (QED) is 0.133. The second-order valence-electron chi connectivity index (χ2n) is 9.51. The Morgan fingerprint density at radius 3 is 1.68 bits per heavy atom. The number of hydrogen-bond acceptors (Lipinski definition) is 2. The fourth-order valence-corrected chi connectivity index (χ4v) is 7.42. The van der Waals surface area contributed by atoms with Gasteiger partial charge in [0.15, 0.2) is 0 Å². The molecule has 40 heavy (non-hydrogen) atoms. The van der Waals surface area contributed by atoms with Crippen LogP contribution in [0.15, 0.2) is 125 Å². The number of rotatable bonds is 6. The predicted octanol–water partition coefficient (Wildman–Crippen LogP) is 8.89. The fraction of sp³-hybridized carbons (Fsp3) is 0.118. The maximum atomic E-state index is 5.29. The molecule has 0 saturated heterocycles. The molecule has 0 atom stereocenters. The summed E-state index contributed by atoms with van der Waals surface area (Å²) >= 11 is 0.194. The van der Waals surface area contributed by atoms with E-state index in [9.17, 15) is 0 Å². The van der Waals surface area contributed by atoms with Crippen LogP contribution in [0.1, 0.15) is 22.3 Å².